The minimum absolute atomic E-state index is 0.274. The molecule has 1 heteroatoms. The maximum Gasteiger partial charge on any atom is 0.0353 e. The molecule has 1 aliphatic rings. The second-order valence-electron chi connectivity index (χ2n) is 8.40. The molecule has 0 radical (unpaired) electrons. The van der Waals surface area contributed by atoms with Crippen LogP contribution in [0.3, 0.4) is 0 Å². The summed E-state index contributed by atoms with van der Waals surface area (Å²) in [7, 11) is 0. The molecule has 0 bridgehead atoms. The normalized spacial score (nSPS) is 20.0. The fourth-order valence-corrected chi connectivity index (χ4v) is 3.70. The molecule has 22 heavy (non-hydrogen) atoms. The topological polar surface area (TPSA) is 3.24 Å². The Bertz CT molecular complexity index is 438. The molecule has 1 heterocycles. The molecule has 1 aliphatic heterocycles. The highest BCUT2D eigenvalue weighted by molar-refractivity contribution is 5.26. The number of hydrogen-bond donors (Lipinski definition) is 0. The van der Waals surface area contributed by atoms with Gasteiger partial charge in [0.2, 0.25) is 0 Å². The fourth-order valence-electron chi connectivity index (χ4n) is 3.70. The molecule has 0 amide bonds. The molecule has 1 nitrogen and oxygen atoms in total. The van der Waals surface area contributed by atoms with Crippen molar-refractivity contribution in [2.24, 2.45) is 5.92 Å². The first-order valence-electron chi connectivity index (χ1n) is 9.23. The van der Waals surface area contributed by atoms with Gasteiger partial charge in [-0.1, -0.05) is 51.0 Å². The SMILES string of the molecule is CC(C)CCCCc1ccc(C2CCCN2C(C)(C)C)cc1. The van der Waals surface area contributed by atoms with E-state index in [4.69, 9.17) is 0 Å². The summed E-state index contributed by atoms with van der Waals surface area (Å²) in [6.45, 7) is 12.9. The second kappa shape index (κ2) is 7.64. The van der Waals surface area contributed by atoms with Crippen LogP contribution in [0.2, 0.25) is 0 Å². The van der Waals surface area contributed by atoms with Crippen molar-refractivity contribution in [3.8, 4) is 0 Å². The Kier molecular flexibility index (Phi) is 6.09. The Labute approximate surface area is 138 Å². The summed E-state index contributed by atoms with van der Waals surface area (Å²) in [5.41, 5.74) is 3.29. The lowest BCUT2D eigenvalue weighted by molar-refractivity contribution is 0.121. The number of benzene rings is 1. The Morgan fingerprint density at radius 1 is 1.09 bits per heavy atom. The third kappa shape index (κ3) is 4.84. The average Bonchev–Trinajstić information content (AvgIpc) is 2.93. The summed E-state index contributed by atoms with van der Waals surface area (Å²) in [5, 5.41) is 0. The van der Waals surface area contributed by atoms with Gasteiger partial charge in [-0.15, -0.1) is 0 Å². The molecule has 2 rings (SSSR count). The standard InChI is InChI=1S/C21H35N/c1-17(2)9-6-7-10-18-12-14-19(15-13-18)20-11-8-16-22(20)21(3,4)5/h12-15,17,20H,6-11,16H2,1-5H3. The Morgan fingerprint density at radius 3 is 2.36 bits per heavy atom. The summed E-state index contributed by atoms with van der Waals surface area (Å²) >= 11 is 0. The maximum absolute atomic E-state index is 2.67. The summed E-state index contributed by atoms with van der Waals surface area (Å²) < 4.78 is 0. The molecule has 0 aromatic heterocycles. The smallest absolute Gasteiger partial charge is 0.0353 e. The van der Waals surface area contributed by atoms with E-state index in [0.29, 0.717) is 6.04 Å². The molecule has 0 N–H and O–H groups in total. The van der Waals surface area contributed by atoms with E-state index in [9.17, 15) is 0 Å². The number of rotatable bonds is 6. The predicted octanol–water partition coefficient (Wildman–Crippen LogP) is 5.99. The van der Waals surface area contributed by atoms with Gasteiger partial charge in [0.1, 0.15) is 0 Å². The predicted molar refractivity (Wildman–Crippen MR) is 97.3 cm³/mol. The van der Waals surface area contributed by atoms with Crippen LogP contribution in [0.5, 0.6) is 0 Å². The molecule has 1 fully saturated rings. The van der Waals surface area contributed by atoms with Crippen LogP contribution in [0.25, 0.3) is 0 Å². The van der Waals surface area contributed by atoms with E-state index in [0.717, 1.165) is 5.92 Å². The van der Waals surface area contributed by atoms with Crippen molar-refractivity contribution >= 4 is 0 Å². The van der Waals surface area contributed by atoms with Crippen LogP contribution in [0.4, 0.5) is 0 Å². The van der Waals surface area contributed by atoms with Gasteiger partial charge in [-0.3, -0.25) is 4.90 Å². The molecular weight excluding hydrogens is 266 g/mol. The third-order valence-electron chi connectivity index (χ3n) is 4.98. The van der Waals surface area contributed by atoms with Gasteiger partial charge in [0.25, 0.3) is 0 Å². The highest BCUT2D eigenvalue weighted by Crippen LogP contribution is 2.37. The zero-order valence-corrected chi connectivity index (χ0v) is 15.4. The fraction of sp³-hybridized carbons (Fsp3) is 0.714. The molecule has 1 saturated heterocycles. The first-order chi connectivity index (χ1) is 10.4. The van der Waals surface area contributed by atoms with Crippen LogP contribution in [0.1, 0.15) is 83.9 Å². The summed E-state index contributed by atoms with van der Waals surface area (Å²) in [4.78, 5) is 2.67. The number of likely N-dealkylation sites (tertiary alicyclic amines) is 1. The number of hydrogen-bond acceptors (Lipinski definition) is 1. The van der Waals surface area contributed by atoms with Crippen molar-refractivity contribution < 1.29 is 0 Å². The van der Waals surface area contributed by atoms with Crippen LogP contribution in [-0.2, 0) is 6.42 Å². The lowest BCUT2D eigenvalue weighted by atomic mass is 9.97. The van der Waals surface area contributed by atoms with Gasteiger partial charge >= 0.3 is 0 Å². The van der Waals surface area contributed by atoms with Crippen molar-refractivity contribution in [2.75, 3.05) is 6.54 Å². The summed E-state index contributed by atoms with van der Waals surface area (Å²) in [6, 6.07) is 10.1. The van der Waals surface area contributed by atoms with Gasteiger partial charge in [-0.05, 0) is 70.0 Å². The van der Waals surface area contributed by atoms with E-state index in [2.05, 4.69) is 63.8 Å². The van der Waals surface area contributed by atoms with E-state index >= 15 is 0 Å². The molecule has 0 saturated carbocycles. The third-order valence-corrected chi connectivity index (χ3v) is 4.98. The zero-order chi connectivity index (χ0) is 16.2. The quantitative estimate of drug-likeness (QED) is 0.583. The van der Waals surface area contributed by atoms with E-state index in [1.54, 1.807) is 0 Å². The van der Waals surface area contributed by atoms with E-state index in [1.807, 2.05) is 0 Å². The highest BCUT2D eigenvalue weighted by Gasteiger charge is 2.33. The molecule has 1 aromatic rings. The number of aryl methyl sites for hydroxylation is 1. The van der Waals surface area contributed by atoms with Gasteiger partial charge in [0.05, 0.1) is 0 Å². The number of unbranched alkanes of at least 4 members (excludes halogenated alkanes) is 1. The van der Waals surface area contributed by atoms with Crippen molar-refractivity contribution in [1.82, 2.24) is 4.90 Å². The minimum Gasteiger partial charge on any atom is -0.291 e. The molecular formula is C21H35N. The molecule has 1 aromatic carbocycles. The average molecular weight is 302 g/mol. The molecule has 1 atom stereocenters. The first-order valence-corrected chi connectivity index (χ1v) is 9.23. The van der Waals surface area contributed by atoms with E-state index in [1.165, 1.54) is 56.2 Å². The molecule has 0 aliphatic carbocycles. The molecule has 1 unspecified atom stereocenters. The van der Waals surface area contributed by atoms with E-state index < -0.39 is 0 Å². The largest absolute Gasteiger partial charge is 0.291 e. The van der Waals surface area contributed by atoms with Gasteiger partial charge in [0.15, 0.2) is 0 Å². The second-order valence-corrected chi connectivity index (χ2v) is 8.40. The molecule has 124 valence electrons. The van der Waals surface area contributed by atoms with E-state index in [-0.39, 0.29) is 5.54 Å². The van der Waals surface area contributed by atoms with Gasteiger partial charge < -0.3 is 0 Å². The Hall–Kier alpha value is -0.820. The lowest BCUT2D eigenvalue weighted by Crippen LogP contribution is -2.40. The van der Waals surface area contributed by atoms with Crippen LogP contribution >= 0.6 is 0 Å². The number of nitrogens with zero attached hydrogens (tertiary/aromatic N) is 1. The maximum atomic E-state index is 2.67. The Balaban J connectivity index is 1.91. The van der Waals surface area contributed by atoms with Crippen molar-refractivity contribution in [1.29, 1.82) is 0 Å². The summed E-state index contributed by atoms with van der Waals surface area (Å²) in [6.07, 6.45) is 7.93. The lowest BCUT2D eigenvalue weighted by Gasteiger charge is -2.37. The van der Waals surface area contributed by atoms with Crippen LogP contribution in [0.15, 0.2) is 24.3 Å². The first kappa shape index (κ1) is 17.5. The summed E-state index contributed by atoms with van der Waals surface area (Å²) in [5.74, 6) is 0.841. The van der Waals surface area contributed by atoms with Crippen molar-refractivity contribution in [3.05, 3.63) is 35.4 Å². The van der Waals surface area contributed by atoms with Gasteiger partial charge in [-0.2, -0.15) is 0 Å². The highest BCUT2D eigenvalue weighted by atomic mass is 15.2. The minimum atomic E-state index is 0.274. The van der Waals surface area contributed by atoms with Crippen LogP contribution in [-0.4, -0.2) is 17.0 Å². The molecule has 0 spiro atoms. The van der Waals surface area contributed by atoms with Crippen molar-refractivity contribution in [2.45, 2.75) is 84.7 Å². The van der Waals surface area contributed by atoms with Crippen molar-refractivity contribution in [3.63, 3.8) is 0 Å². The monoisotopic (exact) mass is 301 g/mol. The van der Waals surface area contributed by atoms with Gasteiger partial charge in [-0.25, -0.2) is 0 Å². The van der Waals surface area contributed by atoms with Gasteiger partial charge in [0, 0.05) is 11.6 Å². The zero-order valence-electron chi connectivity index (χ0n) is 15.4. The van der Waals surface area contributed by atoms with Crippen LogP contribution < -0.4 is 0 Å². The Morgan fingerprint density at radius 2 is 1.77 bits per heavy atom. The van der Waals surface area contributed by atoms with Crippen LogP contribution in [0, 0.1) is 5.92 Å².